The topological polar surface area (TPSA) is 57.2 Å². The van der Waals surface area contributed by atoms with Crippen LogP contribution in [0.1, 0.15) is 58.8 Å². The molecule has 1 unspecified atom stereocenters. The number of thioether (sulfide) groups is 1. The molecule has 0 amide bonds. The van der Waals surface area contributed by atoms with E-state index in [2.05, 4.69) is 13.8 Å². The monoisotopic (exact) mass is 362 g/mol. The predicted molar refractivity (Wildman–Crippen MR) is 96.2 cm³/mol. The van der Waals surface area contributed by atoms with Crippen molar-refractivity contribution in [2.75, 3.05) is 26.1 Å². The molecule has 6 heteroatoms. The molecule has 4 atom stereocenters. The fourth-order valence-corrected chi connectivity index (χ4v) is 4.11. The molecule has 2 aliphatic rings. The number of ether oxygens (including phenoxy) is 4. The Balaban J connectivity index is 1.86. The third-order valence-corrected chi connectivity index (χ3v) is 5.78. The van der Waals surface area contributed by atoms with Gasteiger partial charge in [0.1, 0.15) is 17.6 Å². The van der Waals surface area contributed by atoms with E-state index < -0.39 is 0 Å². The lowest BCUT2D eigenvalue weighted by Crippen LogP contribution is -2.53. The highest BCUT2D eigenvalue weighted by atomic mass is 32.2. The average Bonchev–Trinajstić information content (AvgIpc) is 2.60. The van der Waals surface area contributed by atoms with Gasteiger partial charge in [-0.15, -0.1) is 11.8 Å². The molecule has 1 spiro atoms. The Hall–Kier alpha value is 0.150. The number of hydrogen-bond acceptors (Lipinski definition) is 6. The molecule has 1 aliphatic carbocycles. The van der Waals surface area contributed by atoms with Gasteiger partial charge in [0.05, 0.1) is 19.3 Å². The Morgan fingerprint density at radius 3 is 2.62 bits per heavy atom. The molecule has 0 bridgehead atoms. The maximum atomic E-state index is 9.64. The van der Waals surface area contributed by atoms with Crippen molar-refractivity contribution in [3.05, 3.63) is 0 Å². The Kier molecular flexibility index (Phi) is 8.81. The summed E-state index contributed by atoms with van der Waals surface area (Å²) < 4.78 is 24.3. The minimum absolute atomic E-state index is 0.0125. The smallest absolute Gasteiger partial charge is 0.168 e. The van der Waals surface area contributed by atoms with Crippen LogP contribution in [-0.4, -0.2) is 60.7 Å². The fourth-order valence-electron chi connectivity index (χ4n) is 3.38. The largest absolute Gasteiger partial charge is 0.394 e. The molecule has 1 aliphatic heterocycles. The number of rotatable bonds is 9. The summed E-state index contributed by atoms with van der Waals surface area (Å²) in [6.45, 7) is 5.35. The van der Waals surface area contributed by atoms with Crippen molar-refractivity contribution in [1.29, 1.82) is 0 Å². The van der Waals surface area contributed by atoms with Gasteiger partial charge >= 0.3 is 0 Å². The van der Waals surface area contributed by atoms with E-state index in [1.807, 2.05) is 6.26 Å². The summed E-state index contributed by atoms with van der Waals surface area (Å²) in [5.41, 5.74) is -0.216. The van der Waals surface area contributed by atoms with Gasteiger partial charge in [-0.3, -0.25) is 0 Å². The Labute approximate surface area is 150 Å². The lowest BCUT2D eigenvalue weighted by Gasteiger charge is -2.46. The van der Waals surface area contributed by atoms with E-state index in [0.717, 1.165) is 25.7 Å². The number of hydrogen-bond donors (Lipinski definition) is 1. The summed E-state index contributed by atoms with van der Waals surface area (Å²) in [4.78, 5) is 0. The minimum Gasteiger partial charge on any atom is -0.394 e. The first-order valence-electron chi connectivity index (χ1n) is 9.36. The second-order valence-corrected chi connectivity index (χ2v) is 7.77. The van der Waals surface area contributed by atoms with Crippen molar-refractivity contribution in [2.24, 2.45) is 0 Å². The molecular formula is C18H34O5S. The molecule has 2 fully saturated rings. The molecule has 5 nitrogen and oxygen atoms in total. The highest BCUT2D eigenvalue weighted by Gasteiger charge is 2.43. The second kappa shape index (κ2) is 10.3. The van der Waals surface area contributed by atoms with Crippen LogP contribution in [0.2, 0.25) is 0 Å². The van der Waals surface area contributed by atoms with Crippen LogP contribution in [0.15, 0.2) is 0 Å². The predicted octanol–water partition coefficient (Wildman–Crippen LogP) is 3.33. The Morgan fingerprint density at radius 1 is 1.29 bits per heavy atom. The number of unbranched alkanes of at least 4 members (excludes halogenated alkanes) is 1. The van der Waals surface area contributed by atoms with E-state index in [1.54, 1.807) is 11.8 Å². The van der Waals surface area contributed by atoms with Gasteiger partial charge in [0, 0.05) is 19.4 Å². The zero-order chi connectivity index (χ0) is 17.4. The third kappa shape index (κ3) is 5.58. The minimum atomic E-state index is -0.389. The van der Waals surface area contributed by atoms with Crippen molar-refractivity contribution in [3.8, 4) is 0 Å². The maximum absolute atomic E-state index is 9.64. The second-order valence-electron chi connectivity index (χ2n) is 6.83. The Morgan fingerprint density at radius 2 is 2.04 bits per heavy atom. The SMILES string of the molecule is CCCCO[C@H](CO)[C@@H](OC1COC2(CCCCC2)O[C@H]1C)SC. The quantitative estimate of drug-likeness (QED) is 0.501. The van der Waals surface area contributed by atoms with Gasteiger partial charge in [-0.1, -0.05) is 19.8 Å². The van der Waals surface area contributed by atoms with Crippen LogP contribution in [0.4, 0.5) is 0 Å². The van der Waals surface area contributed by atoms with Gasteiger partial charge < -0.3 is 24.1 Å². The maximum Gasteiger partial charge on any atom is 0.168 e. The van der Waals surface area contributed by atoms with Crippen LogP contribution in [0, 0.1) is 0 Å². The van der Waals surface area contributed by atoms with Crippen molar-refractivity contribution in [3.63, 3.8) is 0 Å². The lowest BCUT2D eigenvalue weighted by atomic mass is 9.93. The highest BCUT2D eigenvalue weighted by molar-refractivity contribution is 7.99. The van der Waals surface area contributed by atoms with E-state index in [0.29, 0.717) is 13.2 Å². The van der Waals surface area contributed by atoms with Gasteiger partial charge in [-0.05, 0) is 32.4 Å². The van der Waals surface area contributed by atoms with E-state index in [9.17, 15) is 5.11 Å². The van der Waals surface area contributed by atoms with Crippen molar-refractivity contribution in [2.45, 2.75) is 88.3 Å². The number of aliphatic hydroxyl groups is 1. The van der Waals surface area contributed by atoms with Gasteiger partial charge in [0.25, 0.3) is 0 Å². The summed E-state index contributed by atoms with van der Waals surface area (Å²) in [6.07, 6.45) is 9.17. The fraction of sp³-hybridized carbons (Fsp3) is 1.00. The molecule has 1 N–H and O–H groups in total. The lowest BCUT2D eigenvalue weighted by molar-refractivity contribution is -0.335. The van der Waals surface area contributed by atoms with E-state index in [-0.39, 0.29) is 36.1 Å². The summed E-state index contributed by atoms with van der Waals surface area (Å²) in [5, 5.41) is 9.64. The van der Waals surface area contributed by atoms with Crippen molar-refractivity contribution >= 4 is 11.8 Å². The molecule has 0 aromatic carbocycles. The molecule has 1 heterocycles. The normalized spacial score (nSPS) is 29.5. The average molecular weight is 363 g/mol. The first-order valence-corrected chi connectivity index (χ1v) is 10.7. The molecule has 0 aromatic rings. The van der Waals surface area contributed by atoms with Gasteiger partial charge in [0.15, 0.2) is 5.79 Å². The Bertz CT molecular complexity index is 348. The first kappa shape index (κ1) is 20.5. The molecule has 0 radical (unpaired) electrons. The molecule has 1 saturated carbocycles. The van der Waals surface area contributed by atoms with Gasteiger partial charge in [-0.25, -0.2) is 0 Å². The highest BCUT2D eigenvalue weighted by Crippen LogP contribution is 2.38. The zero-order valence-corrected chi connectivity index (χ0v) is 16.2. The number of aliphatic hydroxyl groups excluding tert-OH is 1. The van der Waals surface area contributed by atoms with Crippen LogP contribution in [-0.2, 0) is 18.9 Å². The molecular weight excluding hydrogens is 328 g/mol. The van der Waals surface area contributed by atoms with Crippen LogP contribution in [0.3, 0.4) is 0 Å². The summed E-state index contributed by atoms with van der Waals surface area (Å²) in [6, 6.07) is 0. The first-order chi connectivity index (χ1) is 11.6. The summed E-state index contributed by atoms with van der Waals surface area (Å²) in [5.74, 6) is -0.389. The van der Waals surface area contributed by atoms with Crippen LogP contribution in [0.25, 0.3) is 0 Å². The van der Waals surface area contributed by atoms with Crippen LogP contribution in [0.5, 0.6) is 0 Å². The molecule has 1 saturated heterocycles. The molecule has 142 valence electrons. The summed E-state index contributed by atoms with van der Waals surface area (Å²) in [7, 11) is 0. The standard InChI is InChI=1S/C18H34O5S/c1-4-5-11-20-15(12-19)17(24-3)22-16-13-21-18(23-14(16)2)9-7-6-8-10-18/h14-17,19H,4-13H2,1-3H3/t14-,15+,16?,17-/m0/s1. The van der Waals surface area contributed by atoms with Crippen molar-refractivity contribution < 1.29 is 24.1 Å². The van der Waals surface area contributed by atoms with Crippen molar-refractivity contribution in [1.82, 2.24) is 0 Å². The van der Waals surface area contributed by atoms with Gasteiger partial charge in [-0.2, -0.15) is 0 Å². The van der Waals surface area contributed by atoms with E-state index in [4.69, 9.17) is 18.9 Å². The molecule has 2 rings (SSSR count). The van der Waals surface area contributed by atoms with E-state index >= 15 is 0 Å². The summed E-state index contributed by atoms with van der Waals surface area (Å²) >= 11 is 1.57. The zero-order valence-electron chi connectivity index (χ0n) is 15.4. The van der Waals surface area contributed by atoms with Gasteiger partial charge in [0.2, 0.25) is 0 Å². The van der Waals surface area contributed by atoms with Crippen LogP contribution >= 0.6 is 11.8 Å². The molecule has 24 heavy (non-hydrogen) atoms. The third-order valence-electron chi connectivity index (χ3n) is 4.90. The molecule has 0 aromatic heterocycles. The van der Waals surface area contributed by atoms with E-state index in [1.165, 1.54) is 19.3 Å². The van der Waals surface area contributed by atoms with Crippen LogP contribution < -0.4 is 0 Å².